The van der Waals surface area contributed by atoms with Gasteiger partial charge in [-0.2, -0.15) is 0 Å². The van der Waals surface area contributed by atoms with Gasteiger partial charge in [0, 0.05) is 31.0 Å². The summed E-state index contributed by atoms with van der Waals surface area (Å²) in [5, 5.41) is -0.631. The molecular formula is C12H17ClN2O. The highest BCUT2D eigenvalue weighted by Gasteiger charge is 2.23. The molecule has 1 atom stereocenters. The van der Waals surface area contributed by atoms with Gasteiger partial charge in [0.2, 0.25) is 5.91 Å². The maximum atomic E-state index is 12.0. The van der Waals surface area contributed by atoms with E-state index in [2.05, 4.69) is 4.98 Å². The number of aryl methyl sites for hydroxylation is 1. The second kappa shape index (κ2) is 5.85. The average Bonchev–Trinajstić information content (AvgIpc) is 2.30. The number of pyridine rings is 1. The second-order valence-electron chi connectivity index (χ2n) is 3.61. The lowest BCUT2D eigenvalue weighted by molar-refractivity contribution is -0.130. The Kier molecular flexibility index (Phi) is 4.74. The summed E-state index contributed by atoms with van der Waals surface area (Å²) >= 11 is 6.18. The van der Waals surface area contributed by atoms with E-state index >= 15 is 0 Å². The maximum absolute atomic E-state index is 12.0. The molecule has 1 rings (SSSR count). The minimum atomic E-state index is -0.631. The minimum absolute atomic E-state index is 0.0530. The molecule has 1 aromatic rings. The molecule has 0 N–H and O–H groups in total. The number of likely N-dealkylation sites (N-methyl/N-ethyl adjacent to an activating group) is 1. The molecule has 0 bridgehead atoms. The van der Waals surface area contributed by atoms with Crippen LogP contribution in [0, 0.1) is 6.92 Å². The van der Waals surface area contributed by atoms with Crippen molar-refractivity contribution >= 4 is 17.5 Å². The van der Waals surface area contributed by atoms with Crippen molar-refractivity contribution in [2.24, 2.45) is 0 Å². The Balaban J connectivity index is 2.90. The smallest absolute Gasteiger partial charge is 0.245 e. The zero-order valence-corrected chi connectivity index (χ0v) is 10.7. The zero-order valence-electron chi connectivity index (χ0n) is 9.90. The monoisotopic (exact) mass is 240 g/mol. The molecule has 0 spiro atoms. The number of aromatic nitrogens is 1. The standard InChI is InChI=1S/C12H17ClN2O/c1-4-15(5-2)12(16)11(13)10-8-14-7-6-9(10)3/h6-8,11H,4-5H2,1-3H3. The lowest BCUT2D eigenvalue weighted by Gasteiger charge is -2.22. The van der Waals surface area contributed by atoms with E-state index in [1.165, 1.54) is 0 Å². The molecule has 0 radical (unpaired) electrons. The highest BCUT2D eigenvalue weighted by atomic mass is 35.5. The van der Waals surface area contributed by atoms with Gasteiger partial charge in [-0.1, -0.05) is 0 Å². The Morgan fingerprint density at radius 1 is 1.50 bits per heavy atom. The van der Waals surface area contributed by atoms with Crippen molar-refractivity contribution in [2.75, 3.05) is 13.1 Å². The summed E-state index contributed by atoms with van der Waals surface area (Å²) in [6.07, 6.45) is 3.36. The summed E-state index contributed by atoms with van der Waals surface area (Å²) in [7, 11) is 0. The molecule has 0 fully saturated rings. The fourth-order valence-electron chi connectivity index (χ4n) is 1.57. The van der Waals surface area contributed by atoms with Crippen LogP contribution in [0.4, 0.5) is 0 Å². The van der Waals surface area contributed by atoms with Crippen LogP contribution in [0.3, 0.4) is 0 Å². The van der Waals surface area contributed by atoms with Crippen molar-refractivity contribution in [3.63, 3.8) is 0 Å². The third kappa shape index (κ3) is 2.73. The van der Waals surface area contributed by atoms with Gasteiger partial charge < -0.3 is 4.90 Å². The number of carbonyl (C=O) groups is 1. The van der Waals surface area contributed by atoms with Crippen molar-refractivity contribution < 1.29 is 4.79 Å². The van der Waals surface area contributed by atoms with Crippen molar-refractivity contribution in [2.45, 2.75) is 26.1 Å². The molecule has 0 aliphatic heterocycles. The highest BCUT2D eigenvalue weighted by Crippen LogP contribution is 2.24. The highest BCUT2D eigenvalue weighted by molar-refractivity contribution is 6.30. The molecule has 0 aromatic carbocycles. The molecular weight excluding hydrogens is 224 g/mol. The fraction of sp³-hybridized carbons (Fsp3) is 0.500. The number of carbonyl (C=O) groups excluding carboxylic acids is 1. The number of halogens is 1. The Labute approximate surface area is 101 Å². The first kappa shape index (κ1) is 13.0. The van der Waals surface area contributed by atoms with E-state index in [0.717, 1.165) is 11.1 Å². The average molecular weight is 241 g/mol. The van der Waals surface area contributed by atoms with Gasteiger partial charge in [0.15, 0.2) is 0 Å². The van der Waals surface area contributed by atoms with Gasteiger partial charge in [0.05, 0.1) is 0 Å². The van der Waals surface area contributed by atoms with E-state index in [9.17, 15) is 4.79 Å². The molecule has 88 valence electrons. The van der Waals surface area contributed by atoms with E-state index in [1.54, 1.807) is 17.3 Å². The topological polar surface area (TPSA) is 33.2 Å². The Morgan fingerprint density at radius 3 is 2.62 bits per heavy atom. The fourth-order valence-corrected chi connectivity index (χ4v) is 1.94. The summed E-state index contributed by atoms with van der Waals surface area (Å²) < 4.78 is 0. The molecule has 1 aromatic heterocycles. The quantitative estimate of drug-likeness (QED) is 0.758. The molecule has 1 unspecified atom stereocenters. The number of rotatable bonds is 4. The minimum Gasteiger partial charge on any atom is -0.342 e. The van der Waals surface area contributed by atoms with Crippen LogP contribution < -0.4 is 0 Å². The molecule has 3 nitrogen and oxygen atoms in total. The van der Waals surface area contributed by atoms with Crippen LogP contribution in [0.25, 0.3) is 0 Å². The molecule has 1 amide bonds. The zero-order chi connectivity index (χ0) is 12.1. The van der Waals surface area contributed by atoms with Crippen LogP contribution in [0.5, 0.6) is 0 Å². The van der Waals surface area contributed by atoms with Gasteiger partial charge in [-0.05, 0) is 32.4 Å². The summed E-state index contributed by atoms with van der Waals surface area (Å²) in [4.78, 5) is 17.8. The summed E-state index contributed by atoms with van der Waals surface area (Å²) in [6.45, 7) is 7.18. The van der Waals surface area contributed by atoms with E-state index in [-0.39, 0.29) is 5.91 Å². The second-order valence-corrected chi connectivity index (χ2v) is 4.04. The van der Waals surface area contributed by atoms with Gasteiger partial charge >= 0.3 is 0 Å². The molecule has 0 aliphatic rings. The van der Waals surface area contributed by atoms with Crippen molar-refractivity contribution in [1.82, 2.24) is 9.88 Å². The molecule has 0 aliphatic carbocycles. The Hall–Kier alpha value is -1.09. The van der Waals surface area contributed by atoms with Crippen LogP contribution >= 0.6 is 11.6 Å². The van der Waals surface area contributed by atoms with E-state index in [1.807, 2.05) is 26.8 Å². The molecule has 16 heavy (non-hydrogen) atoms. The van der Waals surface area contributed by atoms with Crippen molar-refractivity contribution in [3.8, 4) is 0 Å². The first-order valence-electron chi connectivity index (χ1n) is 5.45. The first-order chi connectivity index (χ1) is 7.61. The largest absolute Gasteiger partial charge is 0.342 e. The van der Waals surface area contributed by atoms with Gasteiger partial charge in [-0.15, -0.1) is 11.6 Å². The van der Waals surface area contributed by atoms with Crippen molar-refractivity contribution in [1.29, 1.82) is 0 Å². The number of nitrogens with zero attached hydrogens (tertiary/aromatic N) is 2. The SMILES string of the molecule is CCN(CC)C(=O)C(Cl)c1cnccc1C. The molecule has 4 heteroatoms. The number of hydrogen-bond acceptors (Lipinski definition) is 2. The predicted octanol–water partition coefficient (Wildman–Crippen LogP) is 2.54. The van der Waals surface area contributed by atoms with Crippen LogP contribution in [0.15, 0.2) is 18.5 Å². The van der Waals surface area contributed by atoms with Gasteiger partial charge in [0.25, 0.3) is 0 Å². The Bertz CT molecular complexity index is 364. The number of alkyl halides is 1. The third-order valence-electron chi connectivity index (χ3n) is 2.64. The maximum Gasteiger partial charge on any atom is 0.245 e. The van der Waals surface area contributed by atoms with E-state index in [4.69, 9.17) is 11.6 Å². The summed E-state index contributed by atoms with van der Waals surface area (Å²) in [5.41, 5.74) is 1.79. The van der Waals surface area contributed by atoms with E-state index in [0.29, 0.717) is 13.1 Å². The van der Waals surface area contributed by atoms with Gasteiger partial charge in [0.1, 0.15) is 5.38 Å². The lowest BCUT2D eigenvalue weighted by Crippen LogP contribution is -2.33. The van der Waals surface area contributed by atoms with Crippen LogP contribution in [0.1, 0.15) is 30.4 Å². The number of amides is 1. The number of hydrogen-bond donors (Lipinski definition) is 0. The Morgan fingerprint density at radius 2 is 2.12 bits per heavy atom. The lowest BCUT2D eigenvalue weighted by atomic mass is 10.1. The van der Waals surface area contributed by atoms with Crippen LogP contribution in [0.2, 0.25) is 0 Å². The van der Waals surface area contributed by atoms with Crippen LogP contribution in [-0.2, 0) is 4.79 Å². The summed E-state index contributed by atoms with van der Waals surface area (Å²) in [6, 6.07) is 1.86. The first-order valence-corrected chi connectivity index (χ1v) is 5.88. The van der Waals surface area contributed by atoms with Gasteiger partial charge in [-0.3, -0.25) is 9.78 Å². The van der Waals surface area contributed by atoms with Crippen LogP contribution in [-0.4, -0.2) is 28.9 Å². The molecule has 0 saturated carbocycles. The summed E-state index contributed by atoms with van der Waals surface area (Å²) in [5.74, 6) is -0.0530. The molecule has 1 heterocycles. The van der Waals surface area contributed by atoms with Crippen molar-refractivity contribution in [3.05, 3.63) is 29.6 Å². The normalized spacial score (nSPS) is 12.2. The molecule has 0 saturated heterocycles. The van der Waals surface area contributed by atoms with Gasteiger partial charge in [-0.25, -0.2) is 0 Å². The predicted molar refractivity (Wildman–Crippen MR) is 65.5 cm³/mol. The third-order valence-corrected chi connectivity index (χ3v) is 3.07. The van der Waals surface area contributed by atoms with E-state index < -0.39 is 5.38 Å².